The van der Waals surface area contributed by atoms with Gasteiger partial charge in [0.1, 0.15) is 5.75 Å². The minimum absolute atomic E-state index is 0.156. The fraction of sp³-hybridized carbons (Fsp3) is 0.368. The minimum Gasteiger partial charge on any atom is -0.493 e. The van der Waals surface area contributed by atoms with Gasteiger partial charge in [-0.15, -0.1) is 12.3 Å². The van der Waals surface area contributed by atoms with Crippen LogP contribution in [0.5, 0.6) is 5.75 Å². The lowest BCUT2D eigenvalue weighted by atomic mass is 9.97. The molecule has 0 aliphatic rings. The van der Waals surface area contributed by atoms with E-state index >= 15 is 0 Å². The molecule has 0 aliphatic heterocycles. The van der Waals surface area contributed by atoms with Crippen molar-refractivity contribution in [3.8, 4) is 18.1 Å². The Labute approximate surface area is 127 Å². The maximum absolute atomic E-state index is 6.16. The van der Waals surface area contributed by atoms with Crippen LogP contribution in [0.2, 0.25) is 0 Å². The molecular formula is C19H23NO. The van der Waals surface area contributed by atoms with Gasteiger partial charge >= 0.3 is 0 Å². The number of ether oxygens (including phenoxy) is 1. The monoisotopic (exact) mass is 281 g/mol. The summed E-state index contributed by atoms with van der Waals surface area (Å²) in [5.74, 6) is 3.58. The highest BCUT2D eigenvalue weighted by Gasteiger charge is 2.12. The molecule has 0 bridgehead atoms. The summed E-state index contributed by atoms with van der Waals surface area (Å²) in [5.41, 5.74) is 7.37. The average molecular weight is 281 g/mol. The molecule has 2 nitrogen and oxygen atoms in total. The third-order valence-electron chi connectivity index (χ3n) is 3.71. The summed E-state index contributed by atoms with van der Waals surface area (Å²) in [6.07, 6.45) is 8.69. The van der Waals surface area contributed by atoms with E-state index in [-0.39, 0.29) is 6.04 Å². The van der Waals surface area contributed by atoms with Gasteiger partial charge in [-0.25, -0.2) is 0 Å². The maximum Gasteiger partial charge on any atom is 0.123 e. The van der Waals surface area contributed by atoms with E-state index in [0.717, 1.165) is 31.4 Å². The molecule has 2 rings (SSSR count). The Hall–Kier alpha value is -1.98. The van der Waals surface area contributed by atoms with E-state index in [2.05, 4.69) is 49.2 Å². The topological polar surface area (TPSA) is 35.2 Å². The van der Waals surface area contributed by atoms with Gasteiger partial charge in [0.25, 0.3) is 0 Å². The molecule has 0 radical (unpaired) electrons. The van der Waals surface area contributed by atoms with Crippen LogP contribution in [0.15, 0.2) is 36.4 Å². The Morgan fingerprint density at radius 2 is 2.05 bits per heavy atom. The van der Waals surface area contributed by atoms with Crippen LogP contribution in [0, 0.1) is 12.3 Å². The number of rotatable bonds is 7. The number of unbranched alkanes of at least 4 members (excludes halogenated alkanes) is 1. The van der Waals surface area contributed by atoms with Crippen LogP contribution in [0.25, 0.3) is 10.8 Å². The Morgan fingerprint density at radius 1 is 1.24 bits per heavy atom. The highest BCUT2D eigenvalue weighted by atomic mass is 16.5. The lowest BCUT2D eigenvalue weighted by Gasteiger charge is -2.17. The highest BCUT2D eigenvalue weighted by Crippen LogP contribution is 2.29. The van der Waals surface area contributed by atoms with Gasteiger partial charge in [0, 0.05) is 18.0 Å². The molecule has 0 aromatic heterocycles. The number of benzene rings is 2. The molecule has 1 atom stereocenters. The SMILES string of the molecule is C#CCCCOc1ccc2ccccc2c1CC(N)CC. The zero-order valence-electron chi connectivity index (χ0n) is 12.6. The molecule has 110 valence electrons. The van der Waals surface area contributed by atoms with Gasteiger partial charge in [-0.05, 0) is 36.1 Å². The molecule has 2 heteroatoms. The number of hydrogen-bond acceptors (Lipinski definition) is 2. The van der Waals surface area contributed by atoms with Gasteiger partial charge in [-0.3, -0.25) is 0 Å². The van der Waals surface area contributed by atoms with Gasteiger partial charge in [-0.2, -0.15) is 0 Å². The normalized spacial score (nSPS) is 12.0. The van der Waals surface area contributed by atoms with Crippen LogP contribution in [0.3, 0.4) is 0 Å². The van der Waals surface area contributed by atoms with E-state index < -0.39 is 0 Å². The molecule has 2 aromatic rings. The molecule has 0 saturated heterocycles. The molecule has 2 aromatic carbocycles. The minimum atomic E-state index is 0.156. The molecule has 0 spiro atoms. The van der Waals surface area contributed by atoms with Crippen LogP contribution >= 0.6 is 0 Å². The van der Waals surface area contributed by atoms with Crippen molar-refractivity contribution in [3.63, 3.8) is 0 Å². The zero-order valence-corrected chi connectivity index (χ0v) is 12.6. The Balaban J connectivity index is 2.29. The largest absolute Gasteiger partial charge is 0.493 e. The summed E-state index contributed by atoms with van der Waals surface area (Å²) >= 11 is 0. The first kappa shape index (κ1) is 15.4. The van der Waals surface area contributed by atoms with Gasteiger partial charge in [0.2, 0.25) is 0 Å². The van der Waals surface area contributed by atoms with Crippen molar-refractivity contribution in [2.24, 2.45) is 5.73 Å². The second-order valence-electron chi connectivity index (χ2n) is 5.29. The van der Waals surface area contributed by atoms with Gasteiger partial charge in [0.15, 0.2) is 0 Å². The van der Waals surface area contributed by atoms with Crippen LogP contribution in [0.4, 0.5) is 0 Å². The molecule has 0 amide bonds. The van der Waals surface area contributed by atoms with Crippen LogP contribution < -0.4 is 10.5 Å². The maximum atomic E-state index is 6.16. The van der Waals surface area contributed by atoms with Gasteiger partial charge < -0.3 is 10.5 Å². The summed E-state index contributed by atoms with van der Waals surface area (Å²) in [7, 11) is 0. The first-order chi connectivity index (χ1) is 10.3. The standard InChI is InChI=1S/C19H23NO/c1-3-5-8-13-21-19-12-11-15-9-6-7-10-17(15)18(19)14-16(20)4-2/h1,6-7,9-12,16H,4-5,8,13-14,20H2,2H3. The first-order valence-electron chi connectivity index (χ1n) is 7.58. The van der Waals surface area contributed by atoms with Crippen molar-refractivity contribution in [2.75, 3.05) is 6.61 Å². The summed E-state index contributed by atoms with van der Waals surface area (Å²) < 4.78 is 5.94. The Morgan fingerprint density at radius 3 is 2.81 bits per heavy atom. The highest BCUT2D eigenvalue weighted by molar-refractivity contribution is 5.87. The van der Waals surface area contributed by atoms with Crippen LogP contribution in [-0.2, 0) is 6.42 Å². The quantitative estimate of drug-likeness (QED) is 0.617. The first-order valence-corrected chi connectivity index (χ1v) is 7.58. The predicted octanol–water partition coefficient (Wildman–Crippen LogP) is 3.91. The van der Waals surface area contributed by atoms with E-state index in [9.17, 15) is 0 Å². The van der Waals surface area contributed by atoms with E-state index in [1.165, 1.54) is 16.3 Å². The van der Waals surface area contributed by atoms with Crippen LogP contribution in [0.1, 0.15) is 31.7 Å². The van der Waals surface area contributed by atoms with E-state index in [1.54, 1.807) is 0 Å². The summed E-state index contributed by atoms with van der Waals surface area (Å²) in [6.45, 7) is 2.76. The molecule has 0 aliphatic carbocycles. The third-order valence-corrected chi connectivity index (χ3v) is 3.71. The molecule has 0 fully saturated rings. The molecule has 0 heterocycles. The van der Waals surface area contributed by atoms with E-state index in [4.69, 9.17) is 16.9 Å². The molecule has 0 saturated carbocycles. The summed E-state index contributed by atoms with van der Waals surface area (Å²) in [4.78, 5) is 0. The smallest absolute Gasteiger partial charge is 0.123 e. The van der Waals surface area contributed by atoms with Crippen molar-refractivity contribution >= 4 is 10.8 Å². The van der Waals surface area contributed by atoms with Crippen molar-refractivity contribution in [2.45, 2.75) is 38.6 Å². The Kier molecular flexibility index (Phi) is 5.66. The number of terminal acetylenes is 1. The van der Waals surface area contributed by atoms with Crippen LogP contribution in [-0.4, -0.2) is 12.6 Å². The second kappa shape index (κ2) is 7.71. The number of fused-ring (bicyclic) bond motifs is 1. The Bertz CT molecular complexity index is 627. The molecule has 21 heavy (non-hydrogen) atoms. The fourth-order valence-electron chi connectivity index (χ4n) is 2.42. The molecule has 1 unspecified atom stereocenters. The van der Waals surface area contributed by atoms with Crippen molar-refractivity contribution in [3.05, 3.63) is 42.0 Å². The second-order valence-corrected chi connectivity index (χ2v) is 5.29. The predicted molar refractivity (Wildman–Crippen MR) is 89.5 cm³/mol. The summed E-state index contributed by atoms with van der Waals surface area (Å²) in [6, 6.07) is 12.7. The lowest BCUT2D eigenvalue weighted by molar-refractivity contribution is 0.309. The fourth-order valence-corrected chi connectivity index (χ4v) is 2.42. The molecule has 2 N–H and O–H groups in total. The number of nitrogens with two attached hydrogens (primary N) is 1. The van der Waals surface area contributed by atoms with Crippen molar-refractivity contribution in [1.82, 2.24) is 0 Å². The van der Waals surface area contributed by atoms with Gasteiger partial charge in [0.05, 0.1) is 6.61 Å². The van der Waals surface area contributed by atoms with E-state index in [1.807, 2.05) is 0 Å². The van der Waals surface area contributed by atoms with Crippen molar-refractivity contribution < 1.29 is 4.74 Å². The average Bonchev–Trinajstić information content (AvgIpc) is 2.53. The lowest BCUT2D eigenvalue weighted by Crippen LogP contribution is -2.22. The zero-order chi connectivity index (χ0) is 15.1. The van der Waals surface area contributed by atoms with Gasteiger partial charge in [-0.1, -0.05) is 37.3 Å². The number of hydrogen-bond donors (Lipinski definition) is 1. The summed E-state index contributed by atoms with van der Waals surface area (Å²) in [5, 5.41) is 2.46. The van der Waals surface area contributed by atoms with Crippen molar-refractivity contribution in [1.29, 1.82) is 0 Å². The van der Waals surface area contributed by atoms with E-state index in [0.29, 0.717) is 6.61 Å². The third kappa shape index (κ3) is 4.00. The molecular weight excluding hydrogens is 258 g/mol.